The Kier molecular flexibility index (Phi) is 7.20. The van der Waals surface area contributed by atoms with Crippen LogP contribution in [0.3, 0.4) is 0 Å². The van der Waals surface area contributed by atoms with Gasteiger partial charge in [0.15, 0.2) is 5.16 Å². The van der Waals surface area contributed by atoms with Crippen molar-refractivity contribution >= 4 is 50.9 Å². The normalized spacial score (nSPS) is 12.5. The Morgan fingerprint density at radius 1 is 1.11 bits per heavy atom. The molecule has 7 nitrogen and oxygen atoms in total. The molecule has 4 aromatic rings. The number of nitrogens with one attached hydrogen (secondary N) is 1. The highest BCUT2D eigenvalue weighted by molar-refractivity contribution is 7.99. The molecule has 0 bridgehead atoms. The SMILES string of the molecule is CCOC(=O)c1ccccc1NC(=O)CSc1nc2sc3c(c2c(=O)n1Cc1ccccc1)CCC3. The summed E-state index contributed by atoms with van der Waals surface area (Å²) in [5, 5.41) is 4.03. The molecule has 1 N–H and O–H groups in total. The number of para-hydroxylation sites is 1. The van der Waals surface area contributed by atoms with Crippen molar-refractivity contribution < 1.29 is 14.3 Å². The first-order valence-corrected chi connectivity index (χ1v) is 13.6. The predicted octanol–water partition coefficient (Wildman–Crippen LogP) is 4.90. The molecule has 1 amide bonds. The van der Waals surface area contributed by atoms with E-state index in [4.69, 9.17) is 9.72 Å². The van der Waals surface area contributed by atoms with Crippen LogP contribution in [0.15, 0.2) is 64.5 Å². The zero-order chi connectivity index (χ0) is 25.1. The van der Waals surface area contributed by atoms with Crippen LogP contribution in [0.5, 0.6) is 0 Å². The van der Waals surface area contributed by atoms with Crippen LogP contribution in [0.4, 0.5) is 5.69 Å². The Balaban J connectivity index is 1.42. The summed E-state index contributed by atoms with van der Waals surface area (Å²) < 4.78 is 6.76. The van der Waals surface area contributed by atoms with Gasteiger partial charge in [-0.05, 0) is 49.4 Å². The second-order valence-corrected chi connectivity index (χ2v) is 10.4. The van der Waals surface area contributed by atoms with Crippen molar-refractivity contribution in [2.24, 2.45) is 0 Å². The zero-order valence-electron chi connectivity index (χ0n) is 19.8. The van der Waals surface area contributed by atoms with Gasteiger partial charge in [0.1, 0.15) is 4.83 Å². The number of thioether (sulfide) groups is 1. The number of hydrogen-bond donors (Lipinski definition) is 1. The maximum atomic E-state index is 13.7. The Bertz CT molecular complexity index is 1490. The third kappa shape index (κ3) is 4.94. The van der Waals surface area contributed by atoms with Crippen LogP contribution in [-0.4, -0.2) is 33.8 Å². The van der Waals surface area contributed by atoms with Crippen molar-refractivity contribution in [2.75, 3.05) is 17.7 Å². The molecule has 0 unspecified atom stereocenters. The number of aromatic nitrogens is 2. The summed E-state index contributed by atoms with van der Waals surface area (Å²) >= 11 is 2.80. The number of benzene rings is 2. The molecule has 5 rings (SSSR count). The van der Waals surface area contributed by atoms with Gasteiger partial charge in [0, 0.05) is 4.88 Å². The first-order valence-electron chi connectivity index (χ1n) is 11.8. The smallest absolute Gasteiger partial charge is 0.340 e. The molecular weight excluding hydrogens is 494 g/mol. The summed E-state index contributed by atoms with van der Waals surface area (Å²) in [5.74, 6) is -0.753. The van der Waals surface area contributed by atoms with E-state index in [9.17, 15) is 14.4 Å². The van der Waals surface area contributed by atoms with E-state index in [0.717, 1.165) is 40.6 Å². The zero-order valence-corrected chi connectivity index (χ0v) is 21.4. The molecule has 0 aliphatic heterocycles. The van der Waals surface area contributed by atoms with E-state index in [1.54, 1.807) is 47.1 Å². The lowest BCUT2D eigenvalue weighted by molar-refractivity contribution is -0.113. The second-order valence-electron chi connectivity index (χ2n) is 8.41. The van der Waals surface area contributed by atoms with Gasteiger partial charge in [-0.15, -0.1) is 11.3 Å². The highest BCUT2D eigenvalue weighted by atomic mass is 32.2. The first-order chi connectivity index (χ1) is 17.5. The number of anilines is 1. The topological polar surface area (TPSA) is 90.3 Å². The first kappa shape index (κ1) is 24.3. The van der Waals surface area contributed by atoms with Crippen molar-refractivity contribution in [3.05, 3.63) is 86.5 Å². The average molecular weight is 520 g/mol. The number of carbonyl (C=O) groups is 2. The van der Waals surface area contributed by atoms with Crippen LogP contribution < -0.4 is 10.9 Å². The van der Waals surface area contributed by atoms with Gasteiger partial charge in [-0.2, -0.15) is 0 Å². The summed E-state index contributed by atoms with van der Waals surface area (Å²) in [6.07, 6.45) is 2.96. The molecule has 0 saturated carbocycles. The molecule has 0 saturated heterocycles. The molecule has 0 spiro atoms. The minimum atomic E-state index is -0.490. The molecule has 0 atom stereocenters. The van der Waals surface area contributed by atoms with Gasteiger partial charge in [-0.1, -0.05) is 54.2 Å². The maximum Gasteiger partial charge on any atom is 0.340 e. The molecule has 9 heteroatoms. The molecule has 36 heavy (non-hydrogen) atoms. The molecule has 2 aromatic carbocycles. The van der Waals surface area contributed by atoms with Gasteiger partial charge in [0.2, 0.25) is 5.91 Å². The third-order valence-electron chi connectivity index (χ3n) is 6.00. The number of rotatable bonds is 8. The van der Waals surface area contributed by atoms with Crippen molar-refractivity contribution in [1.29, 1.82) is 0 Å². The Labute approximate surface area is 216 Å². The van der Waals surface area contributed by atoms with E-state index < -0.39 is 5.97 Å². The number of thiophene rings is 1. The third-order valence-corrected chi connectivity index (χ3v) is 8.16. The minimum Gasteiger partial charge on any atom is -0.462 e. The van der Waals surface area contributed by atoms with Gasteiger partial charge in [-0.3, -0.25) is 14.2 Å². The molecule has 0 fully saturated rings. The quantitative estimate of drug-likeness (QED) is 0.202. The highest BCUT2D eigenvalue weighted by Crippen LogP contribution is 2.35. The number of amides is 1. The molecule has 0 radical (unpaired) electrons. The monoisotopic (exact) mass is 519 g/mol. The molecule has 2 heterocycles. The van der Waals surface area contributed by atoms with Crippen LogP contribution in [-0.2, 0) is 28.9 Å². The number of aryl methyl sites for hydroxylation is 2. The number of esters is 1. The maximum absolute atomic E-state index is 13.7. The van der Waals surface area contributed by atoms with Crippen LogP contribution in [0.2, 0.25) is 0 Å². The van der Waals surface area contributed by atoms with Crippen molar-refractivity contribution in [2.45, 2.75) is 37.9 Å². The van der Waals surface area contributed by atoms with Crippen molar-refractivity contribution in [3.63, 3.8) is 0 Å². The molecule has 184 valence electrons. The summed E-state index contributed by atoms with van der Waals surface area (Å²) in [4.78, 5) is 45.6. The number of nitrogens with zero attached hydrogens (tertiary/aromatic N) is 2. The van der Waals surface area contributed by atoms with Gasteiger partial charge in [0.25, 0.3) is 5.56 Å². The van der Waals surface area contributed by atoms with Crippen LogP contribution in [0.1, 0.15) is 39.7 Å². The fourth-order valence-corrected chi connectivity index (χ4v) is 6.47. The summed E-state index contributed by atoms with van der Waals surface area (Å²) in [5.41, 5.74) is 2.76. The largest absolute Gasteiger partial charge is 0.462 e. The van der Waals surface area contributed by atoms with Crippen LogP contribution >= 0.6 is 23.1 Å². The Hall–Kier alpha value is -3.43. The molecule has 1 aliphatic rings. The van der Waals surface area contributed by atoms with E-state index in [0.29, 0.717) is 23.0 Å². The number of fused-ring (bicyclic) bond motifs is 3. The second kappa shape index (κ2) is 10.7. The van der Waals surface area contributed by atoms with Crippen molar-refractivity contribution in [3.8, 4) is 0 Å². The summed E-state index contributed by atoms with van der Waals surface area (Å²) in [7, 11) is 0. The van der Waals surface area contributed by atoms with Crippen LogP contribution in [0, 0.1) is 0 Å². The standard InChI is InChI=1S/C27H25N3O4S2/c1-2-34-26(33)18-11-6-7-13-20(18)28-22(31)16-35-27-29-24-23(19-12-8-14-21(19)36-24)25(32)30(27)15-17-9-4-3-5-10-17/h3-7,9-11,13H,2,8,12,14-16H2,1H3,(H,28,31). The van der Waals surface area contributed by atoms with Crippen molar-refractivity contribution in [1.82, 2.24) is 9.55 Å². The minimum absolute atomic E-state index is 0.0367. The van der Waals surface area contributed by atoms with E-state index in [-0.39, 0.29) is 23.8 Å². The van der Waals surface area contributed by atoms with Crippen LogP contribution in [0.25, 0.3) is 10.2 Å². The van der Waals surface area contributed by atoms with E-state index in [2.05, 4.69) is 5.32 Å². The highest BCUT2D eigenvalue weighted by Gasteiger charge is 2.24. The fourth-order valence-electron chi connectivity index (χ4n) is 4.37. The lowest BCUT2D eigenvalue weighted by Crippen LogP contribution is -2.25. The molecule has 2 aromatic heterocycles. The summed E-state index contributed by atoms with van der Waals surface area (Å²) in [6.45, 7) is 2.36. The van der Waals surface area contributed by atoms with Gasteiger partial charge >= 0.3 is 5.97 Å². The number of carbonyl (C=O) groups excluding carboxylic acids is 2. The predicted molar refractivity (Wildman–Crippen MR) is 143 cm³/mol. The lowest BCUT2D eigenvalue weighted by Gasteiger charge is -2.13. The Morgan fingerprint density at radius 3 is 2.69 bits per heavy atom. The van der Waals surface area contributed by atoms with E-state index in [1.165, 1.54) is 16.6 Å². The molecule has 1 aliphatic carbocycles. The van der Waals surface area contributed by atoms with E-state index >= 15 is 0 Å². The van der Waals surface area contributed by atoms with E-state index in [1.807, 2.05) is 30.3 Å². The lowest BCUT2D eigenvalue weighted by atomic mass is 10.2. The van der Waals surface area contributed by atoms with Gasteiger partial charge in [-0.25, -0.2) is 9.78 Å². The number of ether oxygens (including phenoxy) is 1. The molecular formula is C27H25N3O4S2. The average Bonchev–Trinajstić information content (AvgIpc) is 3.47. The summed E-state index contributed by atoms with van der Waals surface area (Å²) in [6, 6.07) is 16.5. The Morgan fingerprint density at radius 2 is 1.89 bits per heavy atom. The fraction of sp³-hybridized carbons (Fsp3) is 0.259. The van der Waals surface area contributed by atoms with Gasteiger partial charge < -0.3 is 10.1 Å². The van der Waals surface area contributed by atoms with Gasteiger partial charge in [0.05, 0.1) is 35.5 Å². The number of hydrogen-bond acceptors (Lipinski definition) is 7.